The number of halogens is 2. The number of ether oxygens (including phenoxy) is 1. The highest BCUT2D eigenvalue weighted by Crippen LogP contribution is 2.21. The zero-order valence-corrected chi connectivity index (χ0v) is 11.2. The Balaban J connectivity index is 1.97. The van der Waals surface area contributed by atoms with Crippen LogP contribution in [0.3, 0.4) is 0 Å². The van der Waals surface area contributed by atoms with Crippen molar-refractivity contribution >= 4 is 0 Å². The van der Waals surface area contributed by atoms with Crippen molar-refractivity contribution < 1.29 is 13.5 Å². The summed E-state index contributed by atoms with van der Waals surface area (Å²) in [5.74, 6) is 0.897. The number of rotatable bonds is 6. The van der Waals surface area contributed by atoms with E-state index in [1.54, 1.807) is 12.1 Å². The fourth-order valence-corrected chi connectivity index (χ4v) is 1.91. The van der Waals surface area contributed by atoms with Crippen LogP contribution in [-0.2, 0) is 0 Å². The number of nitrogens with one attached hydrogen (secondary N) is 2. The molecule has 0 aliphatic heterocycles. The molecule has 5 nitrogen and oxygen atoms in total. The van der Waals surface area contributed by atoms with Gasteiger partial charge in [-0.15, -0.1) is 0 Å². The molecule has 20 heavy (non-hydrogen) atoms. The van der Waals surface area contributed by atoms with E-state index in [0.29, 0.717) is 0 Å². The first-order chi connectivity index (χ1) is 9.56. The Morgan fingerprint density at radius 1 is 1.15 bits per heavy atom. The van der Waals surface area contributed by atoms with Crippen LogP contribution in [0.2, 0.25) is 0 Å². The molecule has 2 N–H and O–H groups in total. The predicted molar refractivity (Wildman–Crippen MR) is 69.4 cm³/mol. The molecule has 1 aromatic carbocycles. The van der Waals surface area contributed by atoms with Crippen LogP contribution in [0, 0.1) is 0 Å². The van der Waals surface area contributed by atoms with Crippen LogP contribution in [0.25, 0.3) is 0 Å². The van der Waals surface area contributed by atoms with Crippen molar-refractivity contribution in [2.24, 2.45) is 0 Å². The van der Waals surface area contributed by atoms with Gasteiger partial charge in [0, 0.05) is 6.04 Å². The van der Waals surface area contributed by atoms with Crippen molar-refractivity contribution in [3.8, 4) is 5.75 Å². The number of aromatic nitrogens is 3. The maximum atomic E-state index is 12.1. The van der Waals surface area contributed by atoms with Crippen molar-refractivity contribution in [3.05, 3.63) is 42.0 Å². The van der Waals surface area contributed by atoms with Crippen molar-refractivity contribution in [2.75, 3.05) is 0 Å². The van der Waals surface area contributed by atoms with Gasteiger partial charge in [-0.3, -0.25) is 5.10 Å². The van der Waals surface area contributed by atoms with Gasteiger partial charge >= 0.3 is 6.61 Å². The lowest BCUT2D eigenvalue weighted by Crippen LogP contribution is -2.23. The second-order valence-electron chi connectivity index (χ2n) is 4.43. The third kappa shape index (κ3) is 3.74. The molecule has 108 valence electrons. The van der Waals surface area contributed by atoms with Crippen LogP contribution in [0.5, 0.6) is 5.75 Å². The molecule has 0 fully saturated rings. The molecule has 0 spiro atoms. The Labute approximate surface area is 115 Å². The molecule has 0 aliphatic carbocycles. The van der Waals surface area contributed by atoms with E-state index in [4.69, 9.17) is 0 Å². The first-order valence-electron chi connectivity index (χ1n) is 6.22. The second-order valence-corrected chi connectivity index (χ2v) is 4.43. The van der Waals surface area contributed by atoms with Crippen molar-refractivity contribution in [2.45, 2.75) is 32.5 Å². The first-order valence-corrected chi connectivity index (χ1v) is 6.22. The van der Waals surface area contributed by atoms with Crippen LogP contribution in [-0.4, -0.2) is 21.8 Å². The lowest BCUT2D eigenvalue weighted by molar-refractivity contribution is -0.0498. The van der Waals surface area contributed by atoms with Crippen molar-refractivity contribution in [1.29, 1.82) is 0 Å². The van der Waals surface area contributed by atoms with Crippen molar-refractivity contribution in [1.82, 2.24) is 20.5 Å². The van der Waals surface area contributed by atoms with E-state index in [1.165, 1.54) is 18.5 Å². The van der Waals surface area contributed by atoms with Crippen LogP contribution in [0.4, 0.5) is 8.78 Å². The van der Waals surface area contributed by atoms with Crippen LogP contribution in [0.15, 0.2) is 30.6 Å². The fraction of sp³-hybridized carbons (Fsp3) is 0.385. The first kappa shape index (κ1) is 14.4. The smallest absolute Gasteiger partial charge is 0.387 e. The Hall–Kier alpha value is -2.02. The van der Waals surface area contributed by atoms with E-state index in [9.17, 15) is 8.78 Å². The summed E-state index contributed by atoms with van der Waals surface area (Å²) in [5.41, 5.74) is 0.970. The number of aromatic amines is 1. The standard InChI is InChI=1S/C13H16F2N4O/c1-8(18-9(2)12-16-7-17-19-12)10-3-5-11(6-4-10)20-13(14)15/h3-9,13,18H,1-2H3,(H,16,17,19). The molecule has 0 saturated heterocycles. The molecule has 2 unspecified atom stereocenters. The summed E-state index contributed by atoms with van der Waals surface area (Å²) in [6.45, 7) is 1.14. The largest absolute Gasteiger partial charge is 0.435 e. The van der Waals surface area contributed by atoms with Crippen LogP contribution < -0.4 is 10.1 Å². The highest BCUT2D eigenvalue weighted by atomic mass is 19.3. The number of nitrogens with zero attached hydrogens (tertiary/aromatic N) is 2. The summed E-state index contributed by atoms with van der Waals surface area (Å²) in [6.07, 6.45) is 1.45. The Morgan fingerprint density at radius 2 is 1.85 bits per heavy atom. The van der Waals surface area contributed by atoms with E-state index in [-0.39, 0.29) is 17.8 Å². The Morgan fingerprint density at radius 3 is 2.40 bits per heavy atom. The number of benzene rings is 1. The van der Waals surface area contributed by atoms with Gasteiger partial charge in [0.25, 0.3) is 0 Å². The molecule has 0 saturated carbocycles. The SMILES string of the molecule is CC(NC(C)c1ncn[nH]1)c1ccc(OC(F)F)cc1. The van der Waals surface area contributed by atoms with E-state index in [1.807, 2.05) is 13.8 Å². The lowest BCUT2D eigenvalue weighted by Gasteiger charge is -2.19. The third-order valence-corrected chi connectivity index (χ3v) is 2.95. The number of H-pyrrole nitrogens is 1. The number of hydrogen-bond acceptors (Lipinski definition) is 4. The molecule has 0 bridgehead atoms. The zero-order valence-electron chi connectivity index (χ0n) is 11.2. The van der Waals surface area contributed by atoms with Gasteiger partial charge in [0.15, 0.2) is 0 Å². The lowest BCUT2D eigenvalue weighted by atomic mass is 10.1. The summed E-state index contributed by atoms with van der Waals surface area (Å²) < 4.78 is 28.4. The Kier molecular flexibility index (Phi) is 4.62. The maximum Gasteiger partial charge on any atom is 0.387 e. The van der Waals surface area contributed by atoms with Gasteiger partial charge < -0.3 is 10.1 Å². The molecule has 7 heteroatoms. The normalized spacial score (nSPS) is 14.2. The summed E-state index contributed by atoms with van der Waals surface area (Å²) in [5, 5.41) is 9.93. The molecule has 0 radical (unpaired) electrons. The van der Waals surface area contributed by atoms with Gasteiger partial charge in [-0.25, -0.2) is 4.98 Å². The molecule has 2 atom stereocenters. The van der Waals surface area contributed by atoms with E-state index < -0.39 is 6.61 Å². The molecule has 1 heterocycles. The van der Waals surface area contributed by atoms with Gasteiger partial charge in [0.1, 0.15) is 17.9 Å². The van der Waals surface area contributed by atoms with Gasteiger partial charge in [-0.1, -0.05) is 12.1 Å². The van der Waals surface area contributed by atoms with Crippen molar-refractivity contribution in [3.63, 3.8) is 0 Å². The molecule has 2 rings (SSSR count). The molecule has 0 aliphatic rings. The quantitative estimate of drug-likeness (QED) is 0.855. The molecule has 2 aromatic rings. The summed E-state index contributed by atoms with van der Waals surface area (Å²) in [6, 6.07) is 6.60. The van der Waals surface area contributed by atoms with Crippen LogP contribution >= 0.6 is 0 Å². The van der Waals surface area contributed by atoms with Gasteiger partial charge in [0.2, 0.25) is 0 Å². The minimum atomic E-state index is -2.80. The van der Waals surface area contributed by atoms with E-state index in [0.717, 1.165) is 11.4 Å². The van der Waals surface area contributed by atoms with Gasteiger partial charge in [-0.05, 0) is 31.5 Å². The highest BCUT2D eigenvalue weighted by Gasteiger charge is 2.13. The third-order valence-electron chi connectivity index (χ3n) is 2.95. The highest BCUT2D eigenvalue weighted by molar-refractivity contribution is 5.29. The average molecular weight is 282 g/mol. The minimum absolute atomic E-state index is 0.00416. The fourth-order valence-electron chi connectivity index (χ4n) is 1.91. The maximum absolute atomic E-state index is 12.1. The minimum Gasteiger partial charge on any atom is -0.435 e. The number of alkyl halides is 2. The second kappa shape index (κ2) is 6.42. The van der Waals surface area contributed by atoms with Crippen LogP contribution in [0.1, 0.15) is 37.3 Å². The average Bonchev–Trinajstić information content (AvgIpc) is 2.92. The molecule has 0 amide bonds. The van der Waals surface area contributed by atoms with Gasteiger partial charge in [0.05, 0.1) is 6.04 Å². The van der Waals surface area contributed by atoms with Gasteiger partial charge in [-0.2, -0.15) is 13.9 Å². The summed E-state index contributed by atoms with van der Waals surface area (Å²) in [4.78, 5) is 4.08. The van der Waals surface area contributed by atoms with E-state index >= 15 is 0 Å². The predicted octanol–water partition coefficient (Wildman–Crippen LogP) is 2.82. The molecule has 1 aromatic heterocycles. The topological polar surface area (TPSA) is 62.8 Å². The monoisotopic (exact) mass is 282 g/mol. The molecular formula is C13H16F2N4O. The zero-order chi connectivity index (χ0) is 14.5. The Bertz CT molecular complexity index is 516. The molecular weight excluding hydrogens is 266 g/mol. The number of hydrogen-bond donors (Lipinski definition) is 2. The summed E-state index contributed by atoms with van der Waals surface area (Å²) in [7, 11) is 0. The van der Waals surface area contributed by atoms with E-state index in [2.05, 4.69) is 25.2 Å². The summed E-state index contributed by atoms with van der Waals surface area (Å²) >= 11 is 0.